The Bertz CT molecular complexity index is 994. The Hall–Kier alpha value is -2.97. The molecule has 2 fully saturated rings. The van der Waals surface area contributed by atoms with Crippen LogP contribution in [0.4, 0.5) is 5.69 Å². The van der Waals surface area contributed by atoms with Gasteiger partial charge in [-0.05, 0) is 55.5 Å². The number of amides is 2. The van der Waals surface area contributed by atoms with Crippen LogP contribution in [0, 0.1) is 5.92 Å². The number of hydrogen-bond donors (Lipinski definition) is 3. The fourth-order valence-electron chi connectivity index (χ4n) is 4.53. The second-order valence-corrected chi connectivity index (χ2v) is 8.80. The molecule has 3 heterocycles. The minimum absolute atomic E-state index is 0.0198. The number of hydrogen-bond acceptors (Lipinski definition) is 6. The number of nitrogens with zero attached hydrogens (tertiary/aromatic N) is 1. The van der Waals surface area contributed by atoms with Crippen molar-refractivity contribution in [3.05, 3.63) is 53.9 Å². The summed E-state index contributed by atoms with van der Waals surface area (Å²) in [4.78, 5) is 28.8. The third-order valence-corrected chi connectivity index (χ3v) is 6.38. The van der Waals surface area contributed by atoms with Crippen LogP contribution in [0.1, 0.15) is 47.5 Å². The van der Waals surface area contributed by atoms with E-state index >= 15 is 0 Å². The molecule has 168 valence electrons. The van der Waals surface area contributed by atoms with Gasteiger partial charge in [-0.1, -0.05) is 0 Å². The smallest absolute Gasteiger partial charge is 0.257 e. The van der Waals surface area contributed by atoms with Gasteiger partial charge in [0.15, 0.2) is 0 Å². The highest BCUT2D eigenvalue weighted by atomic mass is 16.6. The Balaban J connectivity index is 1.29. The third kappa shape index (κ3) is 4.47. The first-order valence-electron chi connectivity index (χ1n) is 11.2. The Labute approximate surface area is 186 Å². The van der Waals surface area contributed by atoms with E-state index in [0.717, 1.165) is 17.9 Å². The Morgan fingerprint density at radius 2 is 2.09 bits per heavy atom. The van der Waals surface area contributed by atoms with Crippen molar-refractivity contribution in [3.8, 4) is 5.75 Å². The standard InChI is InChI=1S/C24H27N3O5/c28-13-21-23-19(9-17(31-21)10-22(29)26-11-14-3-4-14)18-8-16(5-6-20(18)32-23)27-24(30)15-2-1-7-25-12-15/h1-2,5-8,12,14,17,19,21,23,28H,3-4,9-11,13H2,(H,26,29)(H,27,30)/t17-,19+,21-,23-/m0/s1. The van der Waals surface area contributed by atoms with Crippen LogP contribution >= 0.6 is 0 Å². The Morgan fingerprint density at radius 3 is 2.84 bits per heavy atom. The first kappa shape index (κ1) is 20.9. The number of aliphatic hydroxyl groups is 1. The van der Waals surface area contributed by atoms with Gasteiger partial charge >= 0.3 is 0 Å². The number of benzene rings is 1. The molecular weight excluding hydrogens is 410 g/mol. The zero-order valence-corrected chi connectivity index (χ0v) is 17.7. The van der Waals surface area contributed by atoms with Crippen LogP contribution in [0.2, 0.25) is 0 Å². The number of rotatable bonds is 7. The molecule has 2 aliphatic heterocycles. The minimum atomic E-state index is -0.504. The summed E-state index contributed by atoms with van der Waals surface area (Å²) in [6.07, 6.45) is 5.27. The summed E-state index contributed by atoms with van der Waals surface area (Å²) in [6.45, 7) is 0.549. The molecule has 2 aromatic rings. The first-order valence-corrected chi connectivity index (χ1v) is 11.2. The quantitative estimate of drug-likeness (QED) is 0.613. The van der Waals surface area contributed by atoms with Gasteiger partial charge in [0.25, 0.3) is 5.91 Å². The van der Waals surface area contributed by atoms with Gasteiger partial charge in [0.05, 0.1) is 24.7 Å². The van der Waals surface area contributed by atoms with Crippen LogP contribution < -0.4 is 15.4 Å². The van der Waals surface area contributed by atoms with Crippen molar-refractivity contribution in [2.75, 3.05) is 18.5 Å². The maximum absolute atomic E-state index is 12.5. The zero-order valence-electron chi connectivity index (χ0n) is 17.7. The van der Waals surface area contributed by atoms with Crippen LogP contribution in [-0.2, 0) is 9.53 Å². The summed E-state index contributed by atoms with van der Waals surface area (Å²) in [6, 6.07) is 8.96. The van der Waals surface area contributed by atoms with Crippen molar-refractivity contribution >= 4 is 17.5 Å². The summed E-state index contributed by atoms with van der Waals surface area (Å²) in [5.74, 6) is 1.07. The van der Waals surface area contributed by atoms with E-state index in [-0.39, 0.29) is 43.0 Å². The molecule has 1 aromatic heterocycles. The molecule has 1 aromatic carbocycles. The predicted octanol–water partition coefficient (Wildman–Crippen LogP) is 2.24. The Morgan fingerprint density at radius 1 is 1.22 bits per heavy atom. The van der Waals surface area contributed by atoms with Crippen LogP contribution in [-0.4, -0.2) is 53.4 Å². The van der Waals surface area contributed by atoms with Gasteiger partial charge in [0.2, 0.25) is 5.91 Å². The molecule has 8 nitrogen and oxygen atoms in total. The first-order chi connectivity index (χ1) is 15.6. The maximum atomic E-state index is 12.5. The third-order valence-electron chi connectivity index (χ3n) is 6.38. The molecule has 1 aliphatic carbocycles. The van der Waals surface area contributed by atoms with E-state index in [9.17, 15) is 14.7 Å². The van der Waals surface area contributed by atoms with Gasteiger partial charge in [-0.15, -0.1) is 0 Å². The summed E-state index contributed by atoms with van der Waals surface area (Å²) in [5.41, 5.74) is 2.10. The molecule has 1 saturated carbocycles. The fourth-order valence-corrected chi connectivity index (χ4v) is 4.53. The second kappa shape index (κ2) is 8.88. The van der Waals surface area contributed by atoms with Gasteiger partial charge in [-0.3, -0.25) is 14.6 Å². The molecule has 0 bridgehead atoms. The SMILES string of the molecule is O=C(C[C@@H]1C[C@@H]2c3cc(NC(=O)c4cccnc4)ccc3O[C@@H]2[C@H](CO)O1)NCC1CC1. The molecule has 5 rings (SSSR count). The van der Waals surface area contributed by atoms with E-state index in [2.05, 4.69) is 15.6 Å². The van der Waals surface area contributed by atoms with Crippen molar-refractivity contribution in [1.29, 1.82) is 0 Å². The Kier molecular flexibility index (Phi) is 5.80. The van der Waals surface area contributed by atoms with Crippen molar-refractivity contribution < 1.29 is 24.2 Å². The summed E-state index contributed by atoms with van der Waals surface area (Å²) >= 11 is 0. The van der Waals surface area contributed by atoms with Gasteiger partial charge in [0, 0.05) is 36.1 Å². The normalized spacial score (nSPS) is 25.9. The molecule has 0 radical (unpaired) electrons. The topological polar surface area (TPSA) is 110 Å². The lowest BCUT2D eigenvalue weighted by Gasteiger charge is -2.37. The van der Waals surface area contributed by atoms with Crippen molar-refractivity contribution in [3.63, 3.8) is 0 Å². The van der Waals surface area contributed by atoms with E-state index in [1.54, 1.807) is 24.4 Å². The number of carbonyl (C=O) groups is 2. The molecule has 8 heteroatoms. The number of carbonyl (C=O) groups excluding carboxylic acids is 2. The van der Waals surface area contributed by atoms with Crippen LogP contribution in [0.5, 0.6) is 5.75 Å². The maximum Gasteiger partial charge on any atom is 0.257 e. The van der Waals surface area contributed by atoms with E-state index in [4.69, 9.17) is 9.47 Å². The van der Waals surface area contributed by atoms with Crippen LogP contribution in [0.3, 0.4) is 0 Å². The highest BCUT2D eigenvalue weighted by molar-refractivity contribution is 6.04. The molecular formula is C24H27N3O5. The highest BCUT2D eigenvalue weighted by Crippen LogP contribution is 2.47. The average molecular weight is 437 g/mol. The van der Waals surface area contributed by atoms with Crippen molar-refractivity contribution in [2.45, 2.75) is 49.9 Å². The zero-order chi connectivity index (χ0) is 22.1. The fraction of sp³-hybridized carbons (Fsp3) is 0.458. The second-order valence-electron chi connectivity index (χ2n) is 8.80. The molecule has 2 amide bonds. The minimum Gasteiger partial charge on any atom is -0.487 e. The van der Waals surface area contributed by atoms with Crippen LogP contribution in [0.15, 0.2) is 42.7 Å². The van der Waals surface area contributed by atoms with Crippen molar-refractivity contribution in [1.82, 2.24) is 10.3 Å². The van der Waals surface area contributed by atoms with E-state index in [1.165, 1.54) is 19.0 Å². The van der Waals surface area contributed by atoms with Gasteiger partial charge in [-0.25, -0.2) is 0 Å². The van der Waals surface area contributed by atoms with E-state index < -0.39 is 6.10 Å². The predicted molar refractivity (Wildman–Crippen MR) is 117 cm³/mol. The molecule has 32 heavy (non-hydrogen) atoms. The van der Waals surface area contributed by atoms with Crippen LogP contribution in [0.25, 0.3) is 0 Å². The summed E-state index contributed by atoms with van der Waals surface area (Å²) < 4.78 is 12.1. The molecule has 3 N–H and O–H groups in total. The highest BCUT2D eigenvalue weighted by Gasteiger charge is 2.46. The van der Waals surface area contributed by atoms with Gasteiger partial charge in [-0.2, -0.15) is 0 Å². The van der Waals surface area contributed by atoms with E-state index in [0.29, 0.717) is 23.6 Å². The number of nitrogens with one attached hydrogen (secondary N) is 2. The molecule has 1 saturated heterocycles. The summed E-state index contributed by atoms with van der Waals surface area (Å²) in [5, 5.41) is 15.8. The number of anilines is 1. The van der Waals surface area contributed by atoms with E-state index in [1.807, 2.05) is 12.1 Å². The monoisotopic (exact) mass is 437 g/mol. The molecule has 3 aliphatic rings. The molecule has 0 spiro atoms. The molecule has 4 atom stereocenters. The lowest BCUT2D eigenvalue weighted by atomic mass is 9.84. The van der Waals surface area contributed by atoms with Gasteiger partial charge in [0.1, 0.15) is 18.0 Å². The number of aliphatic hydroxyl groups excluding tert-OH is 1. The number of pyridine rings is 1. The lowest BCUT2D eigenvalue weighted by Crippen LogP contribution is -2.47. The average Bonchev–Trinajstić information content (AvgIpc) is 3.58. The molecule has 0 unspecified atom stereocenters. The number of aromatic nitrogens is 1. The lowest BCUT2D eigenvalue weighted by molar-refractivity contribution is -0.142. The summed E-state index contributed by atoms with van der Waals surface area (Å²) in [7, 11) is 0. The van der Waals surface area contributed by atoms with Crippen molar-refractivity contribution in [2.24, 2.45) is 5.92 Å². The van der Waals surface area contributed by atoms with Gasteiger partial charge < -0.3 is 25.2 Å². The largest absolute Gasteiger partial charge is 0.487 e. The number of ether oxygens (including phenoxy) is 2. The number of fused-ring (bicyclic) bond motifs is 3.